The number of benzene rings is 1. The second-order valence-electron chi connectivity index (χ2n) is 8.29. The summed E-state index contributed by atoms with van der Waals surface area (Å²) in [5.41, 5.74) is 0.179. The first kappa shape index (κ1) is 22.0. The summed E-state index contributed by atoms with van der Waals surface area (Å²) in [6, 6.07) is 4.40. The van der Waals surface area contributed by atoms with E-state index < -0.39 is 11.7 Å². The molecule has 0 aliphatic carbocycles. The van der Waals surface area contributed by atoms with Crippen molar-refractivity contribution < 1.29 is 27.5 Å². The lowest BCUT2D eigenvalue weighted by molar-refractivity contribution is -0.165. The quantitative estimate of drug-likeness (QED) is 0.669. The summed E-state index contributed by atoms with van der Waals surface area (Å²) < 4.78 is 46.8. The number of hydrogen-bond donors (Lipinski definition) is 0. The van der Waals surface area contributed by atoms with E-state index in [2.05, 4.69) is 0 Å². The second kappa shape index (κ2) is 8.76. The van der Waals surface area contributed by atoms with Gasteiger partial charge in [0.25, 0.3) is 0 Å². The minimum Gasteiger partial charge on any atom is -0.378 e. The van der Waals surface area contributed by atoms with Crippen molar-refractivity contribution in [3.63, 3.8) is 0 Å². The Morgan fingerprint density at radius 3 is 2.32 bits per heavy atom. The summed E-state index contributed by atoms with van der Waals surface area (Å²) >= 11 is 0. The number of ether oxygens (including phenoxy) is 1. The highest BCUT2D eigenvalue weighted by atomic mass is 19.4. The van der Waals surface area contributed by atoms with Crippen molar-refractivity contribution in [2.75, 3.05) is 50.8 Å². The zero-order chi connectivity index (χ0) is 22.2. The third-order valence-corrected chi connectivity index (χ3v) is 6.13. The summed E-state index contributed by atoms with van der Waals surface area (Å²) in [5.74, 6) is -0.410. The van der Waals surface area contributed by atoms with Crippen LogP contribution in [0.5, 0.6) is 0 Å². The molecule has 1 atom stereocenters. The summed E-state index contributed by atoms with van der Waals surface area (Å²) in [4.78, 5) is 27.9. The molecule has 0 radical (unpaired) electrons. The van der Waals surface area contributed by atoms with Gasteiger partial charge in [-0.15, -0.1) is 0 Å². The first-order valence-corrected chi connectivity index (χ1v) is 10.6. The highest BCUT2D eigenvalue weighted by Crippen LogP contribution is 2.36. The minimum atomic E-state index is -4.44. The van der Waals surface area contributed by atoms with E-state index in [9.17, 15) is 22.8 Å². The zero-order valence-electron chi connectivity index (χ0n) is 17.5. The van der Waals surface area contributed by atoms with E-state index in [4.69, 9.17) is 4.74 Å². The van der Waals surface area contributed by atoms with Crippen LogP contribution in [0.25, 0.3) is 0 Å². The molecule has 3 aliphatic rings. The van der Waals surface area contributed by atoms with Crippen LogP contribution in [-0.2, 0) is 27.0 Å². The van der Waals surface area contributed by atoms with Crippen LogP contribution in [0.3, 0.4) is 0 Å². The van der Waals surface area contributed by atoms with Crippen molar-refractivity contribution in [2.45, 2.75) is 38.5 Å². The number of nitrogens with zero attached hydrogens (tertiary/aromatic N) is 4. The number of piperazine rings is 1. The molecule has 0 N–H and O–H groups in total. The average Bonchev–Trinajstić information content (AvgIpc) is 3.06. The summed E-state index contributed by atoms with van der Waals surface area (Å²) in [7, 11) is 0. The lowest BCUT2D eigenvalue weighted by atomic mass is 10.0. The topological polar surface area (TPSA) is 56.3 Å². The molecule has 7 nitrogen and oxygen atoms in total. The number of rotatable bonds is 4. The highest BCUT2D eigenvalue weighted by Gasteiger charge is 2.39. The third kappa shape index (κ3) is 4.70. The SMILES string of the molecule is C[C@H]1CN(Cc2ccc(N3CCOCC3)cc2C(F)(F)F)CCN1N1C(=O)CCC1=O. The van der Waals surface area contributed by atoms with Crippen LogP contribution in [0.1, 0.15) is 30.9 Å². The smallest absolute Gasteiger partial charge is 0.378 e. The Kier molecular flexibility index (Phi) is 6.23. The van der Waals surface area contributed by atoms with Gasteiger partial charge in [-0.05, 0) is 24.6 Å². The Morgan fingerprint density at radius 1 is 1.03 bits per heavy atom. The van der Waals surface area contributed by atoms with Gasteiger partial charge in [0.05, 0.1) is 18.8 Å². The van der Waals surface area contributed by atoms with Crippen LogP contribution < -0.4 is 4.90 Å². The molecule has 0 spiro atoms. The van der Waals surface area contributed by atoms with Crippen molar-refractivity contribution in [1.29, 1.82) is 0 Å². The lowest BCUT2D eigenvalue weighted by Gasteiger charge is -2.43. The molecule has 3 fully saturated rings. The van der Waals surface area contributed by atoms with Gasteiger partial charge in [0.15, 0.2) is 0 Å². The molecule has 3 heterocycles. The van der Waals surface area contributed by atoms with E-state index in [0.717, 1.165) is 0 Å². The Balaban J connectivity index is 1.47. The van der Waals surface area contributed by atoms with E-state index in [-0.39, 0.29) is 42.8 Å². The number of carbonyl (C=O) groups excluding carboxylic acids is 2. The molecule has 0 saturated carbocycles. The molecule has 31 heavy (non-hydrogen) atoms. The van der Waals surface area contributed by atoms with Crippen LogP contribution in [0.2, 0.25) is 0 Å². The van der Waals surface area contributed by atoms with E-state index in [0.29, 0.717) is 51.6 Å². The van der Waals surface area contributed by atoms with Crippen molar-refractivity contribution in [3.8, 4) is 0 Å². The fourth-order valence-corrected chi connectivity index (χ4v) is 4.54. The molecule has 1 aromatic rings. The van der Waals surface area contributed by atoms with Gasteiger partial charge in [0, 0.05) is 63.8 Å². The number of alkyl halides is 3. The minimum absolute atomic E-state index is 0.151. The van der Waals surface area contributed by atoms with Crippen molar-refractivity contribution in [3.05, 3.63) is 29.3 Å². The Bertz CT molecular complexity index is 826. The number of hydrogen-bond acceptors (Lipinski definition) is 6. The average molecular weight is 440 g/mol. The van der Waals surface area contributed by atoms with Gasteiger partial charge in [-0.1, -0.05) is 6.07 Å². The van der Waals surface area contributed by atoms with Crippen molar-refractivity contribution >= 4 is 17.5 Å². The molecule has 3 aliphatic heterocycles. The summed E-state index contributed by atoms with van der Waals surface area (Å²) in [6.45, 7) is 5.58. The number of carbonyl (C=O) groups is 2. The lowest BCUT2D eigenvalue weighted by Crippen LogP contribution is -2.59. The fourth-order valence-electron chi connectivity index (χ4n) is 4.54. The van der Waals surface area contributed by atoms with E-state index in [1.54, 1.807) is 17.1 Å². The number of anilines is 1. The zero-order valence-corrected chi connectivity index (χ0v) is 17.5. The second-order valence-corrected chi connectivity index (χ2v) is 8.29. The first-order valence-electron chi connectivity index (χ1n) is 10.6. The van der Waals surface area contributed by atoms with Crippen LogP contribution in [0.4, 0.5) is 18.9 Å². The van der Waals surface area contributed by atoms with Gasteiger partial charge < -0.3 is 9.64 Å². The maximum absolute atomic E-state index is 13.8. The maximum atomic E-state index is 13.8. The summed E-state index contributed by atoms with van der Waals surface area (Å²) in [6.07, 6.45) is -4.01. The van der Waals surface area contributed by atoms with E-state index in [1.165, 1.54) is 11.1 Å². The Morgan fingerprint density at radius 2 is 1.71 bits per heavy atom. The van der Waals surface area contributed by atoms with Crippen LogP contribution >= 0.6 is 0 Å². The normalized spacial score (nSPS) is 24.3. The van der Waals surface area contributed by atoms with Gasteiger partial charge in [-0.2, -0.15) is 13.2 Å². The van der Waals surface area contributed by atoms with Gasteiger partial charge in [-0.3, -0.25) is 14.5 Å². The standard InChI is InChI=1S/C21H27F3N4O3/c1-15-13-25(6-7-27(15)28-19(29)4-5-20(28)30)14-16-2-3-17(12-18(16)21(22,23)24)26-8-10-31-11-9-26/h2-3,12,15H,4-11,13-14H2,1H3/t15-/m0/s1. The van der Waals surface area contributed by atoms with Crippen molar-refractivity contribution in [1.82, 2.24) is 14.9 Å². The van der Waals surface area contributed by atoms with Gasteiger partial charge in [0.1, 0.15) is 0 Å². The predicted octanol–water partition coefficient (Wildman–Crippen LogP) is 2.11. The van der Waals surface area contributed by atoms with Gasteiger partial charge >= 0.3 is 6.18 Å². The number of hydrazine groups is 1. The van der Waals surface area contributed by atoms with Crippen LogP contribution in [0.15, 0.2) is 18.2 Å². The molecule has 10 heteroatoms. The largest absolute Gasteiger partial charge is 0.416 e. The molecule has 4 rings (SSSR count). The first-order chi connectivity index (χ1) is 14.7. The van der Waals surface area contributed by atoms with Crippen LogP contribution in [-0.4, -0.2) is 78.7 Å². The molecule has 0 aromatic heterocycles. The van der Waals surface area contributed by atoms with E-state index in [1.807, 2.05) is 16.7 Å². The highest BCUT2D eigenvalue weighted by molar-refractivity contribution is 6.01. The fraction of sp³-hybridized carbons (Fsp3) is 0.619. The molecule has 0 bridgehead atoms. The number of imide groups is 1. The monoisotopic (exact) mass is 440 g/mol. The van der Waals surface area contributed by atoms with E-state index >= 15 is 0 Å². The number of morpholine rings is 1. The number of amides is 2. The Labute approximate surface area is 179 Å². The van der Waals surface area contributed by atoms with Crippen molar-refractivity contribution in [2.24, 2.45) is 0 Å². The maximum Gasteiger partial charge on any atom is 0.416 e. The molecule has 3 saturated heterocycles. The number of halogens is 3. The molecule has 170 valence electrons. The molecule has 0 unspecified atom stereocenters. The Hall–Kier alpha value is -2.17. The van der Waals surface area contributed by atoms with Gasteiger partial charge in [0.2, 0.25) is 11.8 Å². The van der Waals surface area contributed by atoms with Gasteiger partial charge in [-0.25, -0.2) is 10.0 Å². The third-order valence-electron chi connectivity index (χ3n) is 6.13. The molecule has 1 aromatic carbocycles. The van der Waals surface area contributed by atoms with Crippen LogP contribution in [0, 0.1) is 0 Å². The molecular weight excluding hydrogens is 413 g/mol. The summed E-state index contributed by atoms with van der Waals surface area (Å²) in [5, 5.41) is 2.97. The molecular formula is C21H27F3N4O3. The molecule has 2 amide bonds. The predicted molar refractivity (Wildman–Crippen MR) is 107 cm³/mol.